The molecule has 2 aromatic rings. The van der Waals surface area contributed by atoms with Gasteiger partial charge in [-0.1, -0.05) is 0 Å². The van der Waals surface area contributed by atoms with Crippen LogP contribution in [0.15, 0.2) is 18.3 Å². The fraction of sp³-hybridized carbons (Fsp3) is 0.692. The monoisotopic (exact) mass is 464 g/mol. The zero-order valence-electron chi connectivity index (χ0n) is 19.7. The van der Waals surface area contributed by atoms with Gasteiger partial charge in [0.25, 0.3) is 0 Å². The van der Waals surface area contributed by atoms with Crippen LogP contribution < -0.4 is 0 Å². The summed E-state index contributed by atoms with van der Waals surface area (Å²) < 4.78 is 13.1. The summed E-state index contributed by atoms with van der Waals surface area (Å²) in [6.45, 7) is 3.64. The van der Waals surface area contributed by atoms with E-state index in [1.165, 1.54) is 50.8 Å². The Morgan fingerprint density at radius 3 is 2.35 bits per heavy atom. The third kappa shape index (κ3) is 3.60. The van der Waals surface area contributed by atoms with Crippen molar-refractivity contribution >= 4 is 6.03 Å². The summed E-state index contributed by atoms with van der Waals surface area (Å²) in [5.41, 5.74) is 1.64. The van der Waals surface area contributed by atoms with Crippen molar-refractivity contribution in [2.75, 3.05) is 26.2 Å². The first-order valence-electron chi connectivity index (χ1n) is 13.0. The molecule has 3 aliphatic carbocycles. The number of carbonyl (C=O) groups is 1. The lowest BCUT2D eigenvalue weighted by Crippen LogP contribution is -2.69. The minimum atomic E-state index is -0.270. The van der Waals surface area contributed by atoms with Crippen LogP contribution in [0, 0.1) is 22.6 Å². The molecule has 0 aromatic carbocycles. The number of H-pyrrole nitrogens is 1. The van der Waals surface area contributed by atoms with Gasteiger partial charge < -0.3 is 9.80 Å². The van der Waals surface area contributed by atoms with Gasteiger partial charge in [-0.25, -0.2) is 14.2 Å². The first-order chi connectivity index (χ1) is 16.5. The van der Waals surface area contributed by atoms with Crippen molar-refractivity contribution < 1.29 is 9.18 Å². The van der Waals surface area contributed by atoms with Crippen LogP contribution in [0.1, 0.15) is 80.5 Å². The number of likely N-dealkylation sites (tertiary alicyclic amines) is 2. The van der Waals surface area contributed by atoms with E-state index in [2.05, 4.69) is 25.0 Å². The van der Waals surface area contributed by atoms with Gasteiger partial charge in [0.2, 0.25) is 0 Å². The van der Waals surface area contributed by atoms with Gasteiger partial charge in [0.1, 0.15) is 11.6 Å². The van der Waals surface area contributed by atoms with E-state index in [1.807, 2.05) is 6.07 Å². The third-order valence-electron chi connectivity index (χ3n) is 9.31. The van der Waals surface area contributed by atoms with Crippen LogP contribution in [-0.2, 0) is 6.42 Å². The zero-order chi connectivity index (χ0) is 22.9. The van der Waals surface area contributed by atoms with E-state index in [0.29, 0.717) is 28.6 Å². The summed E-state index contributed by atoms with van der Waals surface area (Å²) in [6, 6.07) is 3.56. The molecule has 2 amide bonds. The Kier molecular flexibility index (Phi) is 4.59. The molecule has 0 radical (unpaired) electrons. The molecule has 0 unspecified atom stereocenters. The second-order valence-electron chi connectivity index (χ2n) is 12.1. The van der Waals surface area contributed by atoms with Gasteiger partial charge in [0, 0.05) is 54.5 Å². The number of urea groups is 1. The fourth-order valence-electron chi connectivity index (χ4n) is 7.07. The highest BCUT2D eigenvalue weighted by molar-refractivity contribution is 5.76. The second-order valence-corrected chi connectivity index (χ2v) is 12.1. The van der Waals surface area contributed by atoms with Gasteiger partial charge in [-0.05, 0) is 75.8 Å². The number of pyridine rings is 1. The quantitative estimate of drug-likeness (QED) is 0.734. The van der Waals surface area contributed by atoms with E-state index in [4.69, 9.17) is 4.98 Å². The Balaban J connectivity index is 0.849. The molecule has 8 heteroatoms. The molecule has 4 heterocycles. The predicted molar refractivity (Wildman–Crippen MR) is 124 cm³/mol. The maximum atomic E-state index is 13.1. The molecular weight excluding hydrogens is 431 g/mol. The summed E-state index contributed by atoms with van der Waals surface area (Å²) >= 11 is 0. The highest BCUT2D eigenvalue weighted by Gasteiger charge is 2.57. The van der Waals surface area contributed by atoms with Crippen LogP contribution in [0.25, 0.3) is 0 Å². The summed E-state index contributed by atoms with van der Waals surface area (Å²) in [4.78, 5) is 26.1. The molecule has 3 saturated carbocycles. The van der Waals surface area contributed by atoms with Gasteiger partial charge in [-0.3, -0.25) is 10.1 Å². The van der Waals surface area contributed by atoms with Crippen LogP contribution in [-0.4, -0.2) is 62.2 Å². The molecule has 1 N–H and O–H groups in total. The minimum Gasteiger partial charge on any atom is -0.323 e. The van der Waals surface area contributed by atoms with Crippen molar-refractivity contribution in [1.82, 2.24) is 30.0 Å². The van der Waals surface area contributed by atoms with Crippen molar-refractivity contribution in [2.45, 2.75) is 69.6 Å². The van der Waals surface area contributed by atoms with Crippen LogP contribution >= 0.6 is 0 Å². The highest BCUT2D eigenvalue weighted by atomic mass is 19.1. The Labute approximate surface area is 199 Å². The Bertz CT molecular complexity index is 1060. The number of rotatable bonds is 4. The molecule has 2 saturated heterocycles. The van der Waals surface area contributed by atoms with Crippen molar-refractivity contribution in [2.24, 2.45) is 16.7 Å². The van der Waals surface area contributed by atoms with Crippen molar-refractivity contribution in [3.63, 3.8) is 0 Å². The van der Waals surface area contributed by atoms with E-state index < -0.39 is 0 Å². The lowest BCUT2D eigenvalue weighted by molar-refractivity contribution is -0.0777. The van der Waals surface area contributed by atoms with E-state index in [0.717, 1.165) is 62.8 Å². The average Bonchev–Trinajstić information content (AvgIpc) is 3.50. The average molecular weight is 465 g/mol. The van der Waals surface area contributed by atoms with Crippen LogP contribution in [0.3, 0.4) is 0 Å². The predicted octanol–water partition coefficient (Wildman–Crippen LogP) is 4.25. The van der Waals surface area contributed by atoms with E-state index in [-0.39, 0.29) is 11.8 Å². The standard InChI is InChI=1S/C26H33FN6O/c27-20-3-4-21(28-12-20)9-17-5-7-25(8-6-17)13-32(14-25)24(34)33-15-26(16-33)10-19(11-26)23-29-22(30-31-23)18-1-2-18/h3-4,12,17-19H,1-2,5-11,13-16H2,(H,29,30,31). The lowest BCUT2D eigenvalue weighted by Gasteiger charge is -2.61. The summed E-state index contributed by atoms with van der Waals surface area (Å²) in [5.74, 6) is 3.51. The van der Waals surface area contributed by atoms with Crippen LogP contribution in [0.2, 0.25) is 0 Å². The third-order valence-corrected chi connectivity index (χ3v) is 9.31. The number of carbonyl (C=O) groups excluding carboxylic acids is 1. The number of hydrogen-bond acceptors (Lipinski definition) is 4. The molecule has 0 atom stereocenters. The van der Waals surface area contributed by atoms with Gasteiger partial charge in [-0.15, -0.1) is 0 Å². The van der Waals surface area contributed by atoms with Crippen molar-refractivity contribution in [1.29, 1.82) is 0 Å². The number of nitrogens with zero attached hydrogens (tertiary/aromatic N) is 5. The maximum Gasteiger partial charge on any atom is 0.320 e. The number of amides is 2. The fourth-order valence-corrected chi connectivity index (χ4v) is 7.07. The maximum absolute atomic E-state index is 13.1. The first kappa shape index (κ1) is 20.8. The number of halogens is 1. The largest absolute Gasteiger partial charge is 0.323 e. The Morgan fingerprint density at radius 1 is 1.00 bits per heavy atom. The van der Waals surface area contributed by atoms with E-state index in [1.54, 1.807) is 0 Å². The minimum absolute atomic E-state index is 0.242. The van der Waals surface area contributed by atoms with Crippen molar-refractivity contribution in [3.05, 3.63) is 41.5 Å². The van der Waals surface area contributed by atoms with Gasteiger partial charge in [-0.2, -0.15) is 5.10 Å². The number of aromatic nitrogens is 4. The smallest absolute Gasteiger partial charge is 0.320 e. The molecule has 7 rings (SSSR count). The molecule has 180 valence electrons. The van der Waals surface area contributed by atoms with Gasteiger partial charge in [0.05, 0.1) is 6.20 Å². The van der Waals surface area contributed by atoms with Crippen LogP contribution in [0.5, 0.6) is 0 Å². The van der Waals surface area contributed by atoms with Gasteiger partial charge >= 0.3 is 6.03 Å². The molecule has 5 aliphatic rings. The molecule has 2 aliphatic heterocycles. The molecule has 2 aromatic heterocycles. The molecule has 0 bridgehead atoms. The Morgan fingerprint density at radius 2 is 1.71 bits per heavy atom. The zero-order valence-corrected chi connectivity index (χ0v) is 19.7. The SMILES string of the molecule is O=C(N1CC2(CCC(Cc3ccc(F)cn3)CC2)C1)N1CC2(CC(c3n[nH]c(C4CC4)n3)C2)C1. The number of aromatic amines is 1. The summed E-state index contributed by atoms with van der Waals surface area (Å²) in [5, 5.41) is 7.60. The first-order valence-corrected chi connectivity index (χ1v) is 13.0. The molecule has 5 fully saturated rings. The molecule has 2 spiro atoms. The molecular formula is C26H33FN6O. The summed E-state index contributed by atoms with van der Waals surface area (Å²) in [6.07, 6.45) is 11.7. The topological polar surface area (TPSA) is 78.0 Å². The molecule has 7 nitrogen and oxygen atoms in total. The summed E-state index contributed by atoms with van der Waals surface area (Å²) in [7, 11) is 0. The van der Waals surface area contributed by atoms with Crippen LogP contribution in [0.4, 0.5) is 9.18 Å². The second kappa shape index (κ2) is 7.49. The van der Waals surface area contributed by atoms with Crippen molar-refractivity contribution in [3.8, 4) is 0 Å². The lowest BCUT2D eigenvalue weighted by atomic mass is 9.57. The van der Waals surface area contributed by atoms with Gasteiger partial charge in [0.15, 0.2) is 5.82 Å². The normalized spacial score (nSPS) is 25.8. The van der Waals surface area contributed by atoms with E-state index in [9.17, 15) is 9.18 Å². The Hall–Kier alpha value is -2.51. The van der Waals surface area contributed by atoms with E-state index >= 15 is 0 Å². The number of hydrogen-bond donors (Lipinski definition) is 1. The molecule has 34 heavy (non-hydrogen) atoms. The highest BCUT2D eigenvalue weighted by Crippen LogP contribution is 2.56. The number of nitrogens with one attached hydrogen (secondary N) is 1.